The van der Waals surface area contributed by atoms with E-state index < -0.39 is 5.97 Å². The van der Waals surface area contributed by atoms with Gasteiger partial charge in [0.2, 0.25) is 0 Å². The predicted octanol–water partition coefficient (Wildman–Crippen LogP) is 8.22. The second kappa shape index (κ2) is 21.7. The predicted molar refractivity (Wildman–Crippen MR) is 148 cm³/mol. The van der Waals surface area contributed by atoms with Crippen molar-refractivity contribution < 1.29 is 23.8 Å². The van der Waals surface area contributed by atoms with Crippen LogP contribution in [0.5, 0.6) is 5.75 Å². The van der Waals surface area contributed by atoms with E-state index >= 15 is 0 Å². The Bertz CT molecular complexity index is 764. The van der Waals surface area contributed by atoms with Gasteiger partial charge in [-0.15, -0.1) is 0 Å². The fourth-order valence-corrected chi connectivity index (χ4v) is 3.89. The van der Waals surface area contributed by atoms with Gasteiger partial charge in [-0.1, -0.05) is 108 Å². The van der Waals surface area contributed by atoms with Gasteiger partial charge < -0.3 is 14.2 Å². The highest BCUT2D eigenvalue weighted by Gasteiger charge is 2.12. The highest BCUT2D eigenvalue weighted by atomic mass is 16.5. The molecular weight excluding hydrogens is 452 g/mol. The first-order chi connectivity index (χ1) is 17.6. The van der Waals surface area contributed by atoms with E-state index in [4.69, 9.17) is 14.2 Å². The van der Waals surface area contributed by atoms with Gasteiger partial charge in [-0.05, 0) is 37.1 Å². The van der Waals surface area contributed by atoms with E-state index in [-0.39, 0.29) is 19.2 Å². The van der Waals surface area contributed by atoms with Crippen LogP contribution >= 0.6 is 0 Å². The van der Waals surface area contributed by atoms with Gasteiger partial charge in [-0.25, -0.2) is 4.79 Å². The Morgan fingerprint density at radius 3 is 1.86 bits per heavy atom. The fraction of sp³-hybridized carbons (Fsp3) is 0.613. The molecule has 0 aliphatic rings. The molecule has 0 unspecified atom stereocenters. The zero-order valence-electron chi connectivity index (χ0n) is 22.9. The Labute approximate surface area is 219 Å². The molecule has 0 N–H and O–H groups in total. The molecule has 0 saturated carbocycles. The summed E-state index contributed by atoms with van der Waals surface area (Å²) in [6.07, 6.45) is 22.2. The van der Waals surface area contributed by atoms with Crippen molar-refractivity contribution >= 4 is 18.0 Å². The summed E-state index contributed by atoms with van der Waals surface area (Å²) in [5.41, 5.74) is 1.34. The molecule has 0 atom stereocenters. The number of ether oxygens (including phenoxy) is 3. The first kappa shape index (κ1) is 31.5. The third-order valence-corrected chi connectivity index (χ3v) is 6.22. The lowest BCUT2D eigenvalue weighted by Gasteiger charge is -2.08. The van der Waals surface area contributed by atoms with Crippen LogP contribution in [0.25, 0.3) is 6.08 Å². The normalized spacial score (nSPS) is 11.6. The molecule has 5 nitrogen and oxygen atoms in total. The fourth-order valence-electron chi connectivity index (χ4n) is 3.89. The van der Waals surface area contributed by atoms with Crippen LogP contribution in [0.2, 0.25) is 0 Å². The molecule has 0 aliphatic heterocycles. The highest BCUT2D eigenvalue weighted by molar-refractivity contribution is 5.89. The lowest BCUT2D eigenvalue weighted by molar-refractivity contribution is -0.144. The van der Waals surface area contributed by atoms with E-state index in [1.54, 1.807) is 26.2 Å². The largest absolute Gasteiger partial charge is 0.497 e. The number of unbranched alkanes of at least 4 members (excludes halogenated alkanes) is 12. The maximum atomic E-state index is 12.2. The highest BCUT2D eigenvalue weighted by Crippen LogP contribution is 2.14. The van der Waals surface area contributed by atoms with Crippen LogP contribution in [0.1, 0.15) is 109 Å². The van der Waals surface area contributed by atoms with E-state index in [1.807, 2.05) is 30.3 Å². The first-order valence-electron chi connectivity index (χ1n) is 13.9. The van der Waals surface area contributed by atoms with E-state index in [2.05, 4.69) is 6.92 Å². The summed E-state index contributed by atoms with van der Waals surface area (Å²) in [7, 11) is 1.63. The molecule has 5 heteroatoms. The van der Waals surface area contributed by atoms with Crippen molar-refractivity contribution in [3.8, 4) is 5.75 Å². The van der Waals surface area contributed by atoms with Crippen LogP contribution in [0.3, 0.4) is 0 Å². The number of allylic oxidation sites excluding steroid dienone is 1. The molecule has 202 valence electrons. The third kappa shape index (κ3) is 16.2. The number of benzene rings is 1. The molecule has 0 fully saturated rings. The molecule has 1 aromatic rings. The minimum Gasteiger partial charge on any atom is -0.497 e. The Kier molecular flexibility index (Phi) is 19.0. The standard InChI is InChI=1S/C31H48O5/c1-4-6-7-8-9-10-11-12-13-14-15-16-17-20-30(32)36-26-28(5-2)31(33)35-25-18-19-27-21-23-29(34-3)24-22-27/h5,18-19,21-24H,4,6-17,20,25-26H2,1-3H3/b19-18+,28-5+. The third-order valence-electron chi connectivity index (χ3n) is 6.22. The lowest BCUT2D eigenvalue weighted by atomic mass is 10.0. The van der Waals surface area contributed by atoms with Crippen LogP contribution in [0, 0.1) is 0 Å². The van der Waals surface area contributed by atoms with Gasteiger partial charge in [0.1, 0.15) is 19.0 Å². The number of rotatable bonds is 21. The van der Waals surface area contributed by atoms with E-state index in [0.29, 0.717) is 12.0 Å². The second-order valence-corrected chi connectivity index (χ2v) is 9.24. The molecule has 0 heterocycles. The van der Waals surface area contributed by atoms with Crippen LogP contribution in [-0.4, -0.2) is 32.3 Å². The lowest BCUT2D eigenvalue weighted by Crippen LogP contribution is -2.15. The molecule has 0 aliphatic carbocycles. The molecule has 0 aromatic heterocycles. The van der Waals surface area contributed by atoms with Gasteiger partial charge in [-0.2, -0.15) is 0 Å². The summed E-state index contributed by atoms with van der Waals surface area (Å²) in [6, 6.07) is 7.59. The summed E-state index contributed by atoms with van der Waals surface area (Å²) in [5, 5.41) is 0. The van der Waals surface area contributed by atoms with Crippen molar-refractivity contribution in [3.63, 3.8) is 0 Å². The molecule has 1 rings (SSSR count). The average Bonchev–Trinajstić information content (AvgIpc) is 2.90. The Morgan fingerprint density at radius 1 is 0.778 bits per heavy atom. The van der Waals surface area contributed by atoms with Crippen LogP contribution in [0.15, 0.2) is 42.0 Å². The number of methoxy groups -OCH3 is 1. The number of hydrogen-bond donors (Lipinski definition) is 0. The van der Waals surface area contributed by atoms with Crippen molar-refractivity contribution in [3.05, 3.63) is 47.6 Å². The maximum Gasteiger partial charge on any atom is 0.337 e. The number of carbonyl (C=O) groups excluding carboxylic acids is 2. The maximum absolute atomic E-state index is 12.2. The van der Waals surface area contributed by atoms with Crippen molar-refractivity contribution in [2.75, 3.05) is 20.3 Å². The van der Waals surface area contributed by atoms with Gasteiger partial charge in [0.15, 0.2) is 0 Å². The quantitative estimate of drug-likeness (QED) is 0.0966. The minimum absolute atomic E-state index is 0.0468. The van der Waals surface area contributed by atoms with E-state index in [1.165, 1.54) is 70.6 Å². The Balaban J connectivity index is 2.05. The monoisotopic (exact) mass is 500 g/mol. The van der Waals surface area contributed by atoms with E-state index in [9.17, 15) is 9.59 Å². The topological polar surface area (TPSA) is 61.8 Å². The molecular formula is C31H48O5. The number of esters is 2. The van der Waals surface area contributed by atoms with Gasteiger partial charge in [0, 0.05) is 6.42 Å². The molecule has 36 heavy (non-hydrogen) atoms. The smallest absolute Gasteiger partial charge is 0.337 e. The molecule has 0 saturated heterocycles. The second-order valence-electron chi connectivity index (χ2n) is 9.24. The summed E-state index contributed by atoms with van der Waals surface area (Å²) in [6.45, 7) is 4.10. The molecule has 0 spiro atoms. The number of hydrogen-bond acceptors (Lipinski definition) is 5. The number of carbonyl (C=O) groups is 2. The molecule has 1 aromatic carbocycles. The van der Waals surface area contributed by atoms with Gasteiger partial charge in [0.25, 0.3) is 0 Å². The minimum atomic E-state index is -0.467. The van der Waals surface area contributed by atoms with E-state index in [0.717, 1.165) is 24.2 Å². The molecule has 0 radical (unpaired) electrons. The van der Waals surface area contributed by atoms with Crippen molar-refractivity contribution in [1.82, 2.24) is 0 Å². The van der Waals surface area contributed by atoms with Gasteiger partial charge >= 0.3 is 11.9 Å². The van der Waals surface area contributed by atoms with Crippen molar-refractivity contribution in [2.45, 2.75) is 104 Å². The Hall–Kier alpha value is -2.56. The molecule has 0 amide bonds. The van der Waals surface area contributed by atoms with Gasteiger partial charge in [-0.3, -0.25) is 4.79 Å². The summed E-state index contributed by atoms with van der Waals surface area (Å²) < 4.78 is 15.7. The van der Waals surface area contributed by atoms with Gasteiger partial charge in [0.05, 0.1) is 12.7 Å². The Morgan fingerprint density at radius 2 is 1.33 bits per heavy atom. The zero-order valence-corrected chi connectivity index (χ0v) is 22.9. The summed E-state index contributed by atoms with van der Waals surface area (Å²) in [5.74, 6) is 0.0650. The average molecular weight is 501 g/mol. The van der Waals surface area contributed by atoms with Crippen LogP contribution < -0.4 is 4.74 Å². The zero-order chi connectivity index (χ0) is 26.3. The van der Waals surface area contributed by atoms with Crippen molar-refractivity contribution in [2.24, 2.45) is 0 Å². The molecule has 0 bridgehead atoms. The summed E-state index contributed by atoms with van der Waals surface area (Å²) in [4.78, 5) is 24.3. The van der Waals surface area contributed by atoms with Crippen LogP contribution in [0.4, 0.5) is 0 Å². The first-order valence-corrected chi connectivity index (χ1v) is 13.9. The SMILES string of the molecule is C/C=C(\COC(=O)CCCCCCCCCCCCCCC)C(=O)OC/C=C/c1ccc(OC)cc1. The van der Waals surface area contributed by atoms with Crippen LogP contribution in [-0.2, 0) is 19.1 Å². The van der Waals surface area contributed by atoms with Crippen molar-refractivity contribution in [1.29, 1.82) is 0 Å². The summed E-state index contributed by atoms with van der Waals surface area (Å²) >= 11 is 0.